The van der Waals surface area contributed by atoms with Crippen molar-refractivity contribution >= 4 is 45.5 Å². The van der Waals surface area contributed by atoms with Gasteiger partial charge in [0.1, 0.15) is 5.75 Å². The van der Waals surface area contributed by atoms with Crippen LogP contribution in [0.5, 0.6) is 5.75 Å². The Morgan fingerprint density at radius 1 is 0.853 bits per heavy atom. The monoisotopic (exact) mass is 473 g/mol. The molecule has 5 rings (SSSR count). The molecule has 0 radical (unpaired) electrons. The molecule has 0 bridgehead atoms. The molecule has 2 heterocycles. The van der Waals surface area contributed by atoms with E-state index in [1.165, 1.54) is 0 Å². The molecule has 1 aromatic heterocycles. The molecule has 0 spiro atoms. The van der Waals surface area contributed by atoms with E-state index in [2.05, 4.69) is 25.3 Å². The minimum atomic E-state index is -0.302. The molecular formula is C26H24ClN5O2. The molecule has 1 fully saturated rings. The number of fused-ring (bicyclic) bond motifs is 1. The van der Waals surface area contributed by atoms with Crippen LogP contribution in [0.15, 0.2) is 72.8 Å². The molecule has 0 saturated carbocycles. The number of hydrogen-bond acceptors (Lipinski definition) is 6. The van der Waals surface area contributed by atoms with Crippen molar-refractivity contribution in [1.82, 2.24) is 10.2 Å². The molecule has 0 aliphatic carbocycles. The van der Waals surface area contributed by atoms with E-state index in [0.717, 1.165) is 59.2 Å². The Balaban J connectivity index is 1.37. The molecular weight excluding hydrogens is 450 g/mol. The van der Waals surface area contributed by atoms with Gasteiger partial charge in [-0.2, -0.15) is 0 Å². The van der Waals surface area contributed by atoms with Gasteiger partial charge < -0.3 is 19.9 Å². The number of para-hydroxylation sites is 1. The summed E-state index contributed by atoms with van der Waals surface area (Å²) in [6.45, 7) is 3.20. The van der Waals surface area contributed by atoms with Crippen molar-refractivity contribution in [3.05, 3.63) is 83.5 Å². The van der Waals surface area contributed by atoms with Crippen LogP contribution in [0.1, 0.15) is 10.5 Å². The number of piperazine rings is 1. The first-order valence-electron chi connectivity index (χ1n) is 11.1. The summed E-state index contributed by atoms with van der Waals surface area (Å²) in [5, 5.41) is 14.2. The predicted octanol–water partition coefficient (Wildman–Crippen LogP) is 4.87. The fraction of sp³-hybridized carbons (Fsp3) is 0.192. The highest BCUT2D eigenvalue weighted by atomic mass is 35.5. The van der Waals surface area contributed by atoms with Crippen LogP contribution < -0.4 is 19.9 Å². The third kappa shape index (κ3) is 4.34. The van der Waals surface area contributed by atoms with Gasteiger partial charge in [-0.1, -0.05) is 48.0 Å². The molecule has 1 saturated heterocycles. The highest BCUT2D eigenvalue weighted by Crippen LogP contribution is 2.30. The number of ether oxygens (including phenoxy) is 1. The first-order valence-corrected chi connectivity index (χ1v) is 11.5. The van der Waals surface area contributed by atoms with Crippen LogP contribution in [0, 0.1) is 0 Å². The maximum absolute atomic E-state index is 13.0. The lowest BCUT2D eigenvalue weighted by atomic mass is 10.1. The number of amides is 1. The molecule has 4 aromatic rings. The van der Waals surface area contributed by atoms with E-state index in [9.17, 15) is 4.79 Å². The SMILES string of the molecule is COc1ccc(NC(=O)c2nnc(N3CCN(c4ccccc4Cl)CC3)c3ccccc23)cc1. The molecule has 1 aliphatic rings. The normalized spacial score (nSPS) is 13.7. The molecule has 1 N–H and O–H groups in total. The van der Waals surface area contributed by atoms with Gasteiger partial charge in [0.05, 0.1) is 17.8 Å². The van der Waals surface area contributed by atoms with E-state index >= 15 is 0 Å². The fourth-order valence-corrected chi connectivity index (χ4v) is 4.48. The first-order chi connectivity index (χ1) is 16.6. The molecule has 7 nitrogen and oxygen atoms in total. The maximum atomic E-state index is 13.0. The van der Waals surface area contributed by atoms with E-state index in [1.807, 2.05) is 48.5 Å². The number of carbonyl (C=O) groups is 1. The summed E-state index contributed by atoms with van der Waals surface area (Å²) in [7, 11) is 1.60. The van der Waals surface area contributed by atoms with Gasteiger partial charge in [-0.15, -0.1) is 10.2 Å². The fourth-order valence-electron chi connectivity index (χ4n) is 4.22. The molecule has 0 atom stereocenters. The number of aromatic nitrogens is 2. The summed E-state index contributed by atoms with van der Waals surface area (Å²) < 4.78 is 5.18. The Bertz CT molecular complexity index is 1320. The van der Waals surface area contributed by atoms with Crippen molar-refractivity contribution in [3.63, 3.8) is 0 Å². The van der Waals surface area contributed by atoms with Crippen LogP contribution in [0.3, 0.4) is 0 Å². The summed E-state index contributed by atoms with van der Waals surface area (Å²) >= 11 is 6.39. The summed E-state index contributed by atoms with van der Waals surface area (Å²) in [5.74, 6) is 1.21. The first kappa shape index (κ1) is 22.0. The lowest BCUT2D eigenvalue weighted by molar-refractivity contribution is 0.102. The second-order valence-corrected chi connectivity index (χ2v) is 8.43. The quantitative estimate of drug-likeness (QED) is 0.446. The Kier molecular flexibility index (Phi) is 6.18. The second-order valence-electron chi connectivity index (χ2n) is 8.03. The zero-order valence-electron chi connectivity index (χ0n) is 18.7. The summed E-state index contributed by atoms with van der Waals surface area (Å²) in [6, 6.07) is 22.8. The zero-order chi connectivity index (χ0) is 23.5. The number of carbonyl (C=O) groups excluding carboxylic acids is 1. The minimum absolute atomic E-state index is 0.296. The summed E-state index contributed by atoms with van der Waals surface area (Å²) in [5.41, 5.74) is 2.01. The molecule has 1 aliphatic heterocycles. The molecule has 8 heteroatoms. The van der Waals surface area contributed by atoms with Gasteiger partial charge in [0.2, 0.25) is 0 Å². The highest BCUT2D eigenvalue weighted by Gasteiger charge is 2.23. The van der Waals surface area contributed by atoms with E-state index in [1.54, 1.807) is 31.4 Å². The van der Waals surface area contributed by atoms with E-state index in [4.69, 9.17) is 16.3 Å². The van der Waals surface area contributed by atoms with Gasteiger partial charge in [0, 0.05) is 42.6 Å². The number of halogens is 1. The van der Waals surface area contributed by atoms with Crippen molar-refractivity contribution in [1.29, 1.82) is 0 Å². The van der Waals surface area contributed by atoms with E-state index in [-0.39, 0.29) is 5.91 Å². The lowest BCUT2D eigenvalue weighted by Gasteiger charge is -2.37. The standard InChI is InChI=1S/C26H24ClN5O2/c1-34-19-12-10-18(11-13-19)28-26(33)24-20-6-2-3-7-21(20)25(30-29-24)32-16-14-31(15-17-32)23-9-5-4-8-22(23)27/h2-13H,14-17H2,1H3,(H,28,33). The van der Waals surface area contributed by atoms with Gasteiger partial charge in [0.15, 0.2) is 11.5 Å². The summed E-state index contributed by atoms with van der Waals surface area (Å²) in [6.07, 6.45) is 0. The number of benzene rings is 3. The second kappa shape index (κ2) is 9.57. The number of methoxy groups -OCH3 is 1. The van der Waals surface area contributed by atoms with Crippen molar-refractivity contribution in [2.75, 3.05) is 48.4 Å². The number of hydrogen-bond donors (Lipinski definition) is 1. The molecule has 172 valence electrons. The van der Waals surface area contributed by atoms with Crippen molar-refractivity contribution < 1.29 is 9.53 Å². The van der Waals surface area contributed by atoms with Crippen LogP contribution in [-0.2, 0) is 0 Å². The minimum Gasteiger partial charge on any atom is -0.497 e. The number of anilines is 3. The largest absolute Gasteiger partial charge is 0.497 e. The Labute approximate surface area is 202 Å². The maximum Gasteiger partial charge on any atom is 0.276 e. The van der Waals surface area contributed by atoms with Crippen LogP contribution >= 0.6 is 11.6 Å². The lowest BCUT2D eigenvalue weighted by Crippen LogP contribution is -2.47. The van der Waals surface area contributed by atoms with Crippen LogP contribution in [0.4, 0.5) is 17.2 Å². The Morgan fingerprint density at radius 2 is 1.50 bits per heavy atom. The van der Waals surface area contributed by atoms with Gasteiger partial charge in [-0.05, 0) is 36.4 Å². The Morgan fingerprint density at radius 3 is 2.21 bits per heavy atom. The predicted molar refractivity (Wildman–Crippen MR) is 136 cm³/mol. The third-order valence-corrected chi connectivity index (χ3v) is 6.32. The van der Waals surface area contributed by atoms with Gasteiger partial charge in [0.25, 0.3) is 5.91 Å². The van der Waals surface area contributed by atoms with Gasteiger partial charge in [-0.25, -0.2) is 0 Å². The number of nitrogens with one attached hydrogen (secondary N) is 1. The smallest absolute Gasteiger partial charge is 0.276 e. The topological polar surface area (TPSA) is 70.6 Å². The van der Waals surface area contributed by atoms with Crippen LogP contribution in [0.25, 0.3) is 10.8 Å². The van der Waals surface area contributed by atoms with Gasteiger partial charge in [-0.3, -0.25) is 4.79 Å². The van der Waals surface area contributed by atoms with Crippen LogP contribution in [0.2, 0.25) is 5.02 Å². The van der Waals surface area contributed by atoms with Gasteiger partial charge >= 0.3 is 0 Å². The number of nitrogens with zero attached hydrogens (tertiary/aromatic N) is 4. The molecule has 0 unspecified atom stereocenters. The van der Waals surface area contributed by atoms with Crippen molar-refractivity contribution in [2.45, 2.75) is 0 Å². The molecule has 3 aromatic carbocycles. The Hall–Kier alpha value is -3.84. The zero-order valence-corrected chi connectivity index (χ0v) is 19.5. The highest BCUT2D eigenvalue weighted by molar-refractivity contribution is 6.33. The van der Waals surface area contributed by atoms with E-state index < -0.39 is 0 Å². The van der Waals surface area contributed by atoms with E-state index in [0.29, 0.717) is 11.4 Å². The average Bonchev–Trinajstić information content (AvgIpc) is 2.89. The number of rotatable bonds is 5. The summed E-state index contributed by atoms with van der Waals surface area (Å²) in [4.78, 5) is 17.5. The van der Waals surface area contributed by atoms with Crippen molar-refractivity contribution in [2.24, 2.45) is 0 Å². The van der Waals surface area contributed by atoms with Crippen molar-refractivity contribution in [3.8, 4) is 5.75 Å². The van der Waals surface area contributed by atoms with Crippen LogP contribution in [-0.4, -0.2) is 49.4 Å². The molecule has 34 heavy (non-hydrogen) atoms. The average molecular weight is 474 g/mol. The molecule has 1 amide bonds. The third-order valence-electron chi connectivity index (χ3n) is 6.00.